The van der Waals surface area contributed by atoms with Gasteiger partial charge in [-0.25, -0.2) is 0 Å². The molecule has 2 rings (SSSR count). The Bertz CT molecular complexity index is 640. The number of carbonyl (C=O) groups excluding carboxylic acids is 3. The van der Waals surface area contributed by atoms with E-state index in [4.69, 9.17) is 0 Å². The molecular weight excluding hydrogens is 313 g/mol. The molecule has 5 nitrogen and oxygen atoms in total. The van der Waals surface area contributed by atoms with Crippen LogP contribution in [0.5, 0.6) is 0 Å². The highest BCUT2D eigenvalue weighted by Gasteiger charge is 2.32. The van der Waals surface area contributed by atoms with Gasteiger partial charge in [0.15, 0.2) is 0 Å². The van der Waals surface area contributed by atoms with Crippen molar-refractivity contribution in [3.05, 3.63) is 29.3 Å². The van der Waals surface area contributed by atoms with E-state index in [9.17, 15) is 27.6 Å². The number of hydrogen-bond acceptors (Lipinski definition) is 3. The smallest absolute Gasteiger partial charge is 0.326 e. The Morgan fingerprint density at radius 2 is 1.83 bits per heavy atom. The minimum atomic E-state index is -4.50. The lowest BCUT2D eigenvalue weighted by Gasteiger charge is -2.15. The van der Waals surface area contributed by atoms with Crippen LogP contribution in [0.4, 0.5) is 18.9 Å². The van der Waals surface area contributed by atoms with Gasteiger partial charge in [-0.1, -0.05) is 6.07 Å². The average Bonchev–Trinajstić information content (AvgIpc) is 2.77. The van der Waals surface area contributed by atoms with E-state index in [0.29, 0.717) is 0 Å². The van der Waals surface area contributed by atoms with Gasteiger partial charge < -0.3 is 5.32 Å². The summed E-state index contributed by atoms with van der Waals surface area (Å²) in [5.74, 6) is -1.23. The number of likely N-dealkylation sites (tertiary alicyclic amines) is 1. The predicted octanol–water partition coefficient (Wildman–Crippen LogP) is 2.49. The van der Waals surface area contributed by atoms with Crippen LogP contribution in [-0.2, 0) is 20.6 Å². The Labute approximate surface area is 130 Å². The fourth-order valence-corrected chi connectivity index (χ4v) is 2.31. The van der Waals surface area contributed by atoms with Crippen LogP contribution in [-0.4, -0.2) is 29.2 Å². The molecule has 3 amide bonds. The van der Waals surface area contributed by atoms with Crippen molar-refractivity contribution in [2.24, 2.45) is 0 Å². The first kappa shape index (κ1) is 17.0. The molecule has 1 fully saturated rings. The van der Waals surface area contributed by atoms with E-state index in [1.54, 1.807) is 0 Å². The van der Waals surface area contributed by atoms with Crippen LogP contribution >= 0.6 is 0 Å². The van der Waals surface area contributed by atoms with Crippen LogP contribution in [0.15, 0.2) is 18.2 Å². The Morgan fingerprint density at radius 1 is 1.22 bits per heavy atom. The van der Waals surface area contributed by atoms with Crippen molar-refractivity contribution in [3.8, 4) is 0 Å². The highest BCUT2D eigenvalue weighted by Crippen LogP contribution is 2.33. The van der Waals surface area contributed by atoms with Crippen LogP contribution in [0.1, 0.15) is 30.4 Å². The largest absolute Gasteiger partial charge is 0.416 e. The Hall–Kier alpha value is -2.38. The number of rotatable bonds is 4. The van der Waals surface area contributed by atoms with Crippen LogP contribution in [0.2, 0.25) is 0 Å². The van der Waals surface area contributed by atoms with Gasteiger partial charge in [0.05, 0.1) is 5.56 Å². The molecule has 1 aromatic carbocycles. The van der Waals surface area contributed by atoms with Crippen molar-refractivity contribution in [1.82, 2.24) is 4.90 Å². The highest BCUT2D eigenvalue weighted by molar-refractivity contribution is 6.02. The van der Waals surface area contributed by atoms with E-state index in [1.165, 1.54) is 19.1 Å². The minimum absolute atomic E-state index is 0.0204. The summed E-state index contributed by atoms with van der Waals surface area (Å²) in [6, 6.07) is 3.50. The van der Waals surface area contributed by atoms with Gasteiger partial charge in [-0.2, -0.15) is 13.2 Å². The number of aryl methyl sites for hydroxylation is 1. The van der Waals surface area contributed by atoms with Crippen molar-refractivity contribution in [2.45, 2.75) is 32.4 Å². The quantitative estimate of drug-likeness (QED) is 0.864. The molecule has 0 radical (unpaired) electrons. The number of nitrogens with zero attached hydrogens (tertiary/aromatic N) is 1. The number of halogens is 3. The predicted molar refractivity (Wildman–Crippen MR) is 75.4 cm³/mol. The molecule has 124 valence electrons. The zero-order chi connectivity index (χ0) is 17.2. The Balaban J connectivity index is 1.98. The standard InChI is InChI=1S/C15H15F3N2O3/c1-9-2-3-10(8-11(9)15(16,17)18)19-12(21)6-7-20-13(22)4-5-14(20)23/h2-3,8H,4-7H2,1H3,(H,19,21). The van der Waals surface area contributed by atoms with E-state index in [-0.39, 0.29) is 48.9 Å². The fourth-order valence-electron chi connectivity index (χ4n) is 2.31. The number of benzene rings is 1. The van der Waals surface area contributed by atoms with E-state index >= 15 is 0 Å². The molecule has 1 aliphatic heterocycles. The lowest BCUT2D eigenvalue weighted by molar-refractivity contribution is -0.139. The number of hydrogen-bond donors (Lipinski definition) is 1. The lowest BCUT2D eigenvalue weighted by Crippen LogP contribution is -2.32. The number of amides is 3. The second-order valence-electron chi connectivity index (χ2n) is 5.26. The third-order valence-corrected chi connectivity index (χ3v) is 3.54. The zero-order valence-corrected chi connectivity index (χ0v) is 12.4. The summed E-state index contributed by atoms with van der Waals surface area (Å²) in [6.07, 6.45) is -4.40. The van der Waals surface area contributed by atoms with Gasteiger partial charge in [-0.15, -0.1) is 0 Å². The number of imide groups is 1. The van der Waals surface area contributed by atoms with E-state index in [0.717, 1.165) is 11.0 Å². The fraction of sp³-hybridized carbons (Fsp3) is 0.400. The summed E-state index contributed by atoms with van der Waals surface area (Å²) in [5, 5.41) is 2.35. The topological polar surface area (TPSA) is 66.5 Å². The molecular formula is C15H15F3N2O3. The SMILES string of the molecule is Cc1ccc(NC(=O)CCN2C(=O)CCC2=O)cc1C(F)(F)F. The molecule has 0 bridgehead atoms. The first-order chi connectivity index (χ1) is 10.7. The molecule has 1 aromatic rings. The van der Waals surface area contributed by atoms with Gasteiger partial charge in [0.1, 0.15) is 0 Å². The summed E-state index contributed by atoms with van der Waals surface area (Å²) in [4.78, 5) is 35.6. The molecule has 1 N–H and O–H groups in total. The van der Waals surface area contributed by atoms with Gasteiger partial charge in [0, 0.05) is 31.5 Å². The minimum Gasteiger partial charge on any atom is -0.326 e. The van der Waals surface area contributed by atoms with Crippen molar-refractivity contribution < 1.29 is 27.6 Å². The molecule has 0 unspecified atom stereocenters. The molecule has 1 saturated heterocycles. The average molecular weight is 328 g/mol. The van der Waals surface area contributed by atoms with E-state index in [2.05, 4.69) is 5.32 Å². The number of anilines is 1. The molecule has 8 heteroatoms. The van der Waals surface area contributed by atoms with Crippen LogP contribution < -0.4 is 5.32 Å². The van der Waals surface area contributed by atoms with Gasteiger partial charge in [0.25, 0.3) is 0 Å². The maximum atomic E-state index is 12.8. The molecule has 1 aliphatic rings. The molecule has 0 aromatic heterocycles. The highest BCUT2D eigenvalue weighted by atomic mass is 19.4. The molecule has 0 atom stereocenters. The molecule has 0 spiro atoms. The third kappa shape index (κ3) is 4.08. The molecule has 0 saturated carbocycles. The normalized spacial score (nSPS) is 15.2. The number of carbonyl (C=O) groups is 3. The van der Waals surface area contributed by atoms with Gasteiger partial charge in [-0.05, 0) is 24.6 Å². The summed E-state index contributed by atoms with van der Waals surface area (Å²) in [7, 11) is 0. The second kappa shape index (κ2) is 6.39. The molecule has 23 heavy (non-hydrogen) atoms. The van der Waals surface area contributed by atoms with Crippen LogP contribution in [0, 0.1) is 6.92 Å². The van der Waals surface area contributed by atoms with E-state index in [1.807, 2.05) is 0 Å². The van der Waals surface area contributed by atoms with Crippen molar-refractivity contribution in [1.29, 1.82) is 0 Å². The van der Waals surface area contributed by atoms with E-state index < -0.39 is 17.6 Å². The Kier molecular flexibility index (Phi) is 4.72. The first-order valence-electron chi connectivity index (χ1n) is 6.99. The molecule has 0 aliphatic carbocycles. The summed E-state index contributed by atoms with van der Waals surface area (Å²) >= 11 is 0. The second-order valence-corrected chi connectivity index (χ2v) is 5.26. The third-order valence-electron chi connectivity index (χ3n) is 3.54. The lowest BCUT2D eigenvalue weighted by atomic mass is 10.1. The van der Waals surface area contributed by atoms with Gasteiger partial charge in [-0.3, -0.25) is 19.3 Å². The Morgan fingerprint density at radius 3 is 2.39 bits per heavy atom. The van der Waals surface area contributed by atoms with Gasteiger partial charge >= 0.3 is 6.18 Å². The maximum absolute atomic E-state index is 12.8. The van der Waals surface area contributed by atoms with Crippen molar-refractivity contribution >= 4 is 23.4 Å². The van der Waals surface area contributed by atoms with Crippen molar-refractivity contribution in [2.75, 3.05) is 11.9 Å². The van der Waals surface area contributed by atoms with Crippen LogP contribution in [0.3, 0.4) is 0 Å². The number of alkyl halides is 3. The molecule has 1 heterocycles. The maximum Gasteiger partial charge on any atom is 0.416 e. The summed E-state index contributed by atoms with van der Waals surface area (Å²) in [6.45, 7) is 1.26. The van der Waals surface area contributed by atoms with Gasteiger partial charge in [0.2, 0.25) is 17.7 Å². The summed E-state index contributed by atoms with van der Waals surface area (Å²) < 4.78 is 38.4. The first-order valence-corrected chi connectivity index (χ1v) is 6.99. The number of nitrogens with one attached hydrogen (secondary N) is 1. The summed E-state index contributed by atoms with van der Waals surface area (Å²) in [5.41, 5.74) is -0.740. The van der Waals surface area contributed by atoms with Crippen molar-refractivity contribution in [3.63, 3.8) is 0 Å². The van der Waals surface area contributed by atoms with Crippen LogP contribution in [0.25, 0.3) is 0 Å². The monoisotopic (exact) mass is 328 g/mol. The zero-order valence-electron chi connectivity index (χ0n) is 12.4.